The van der Waals surface area contributed by atoms with Gasteiger partial charge >= 0.3 is 6.36 Å². The summed E-state index contributed by atoms with van der Waals surface area (Å²) in [4.78, 5) is 12.2. The summed E-state index contributed by atoms with van der Waals surface area (Å²) in [6.07, 6.45) is -4.00. The molecule has 2 aromatic rings. The Kier molecular flexibility index (Phi) is 4.69. The van der Waals surface area contributed by atoms with Gasteiger partial charge in [0.2, 0.25) is 0 Å². The van der Waals surface area contributed by atoms with Crippen molar-refractivity contribution in [3.63, 3.8) is 0 Å². The number of halogens is 3. The van der Waals surface area contributed by atoms with Crippen LogP contribution in [0.1, 0.15) is 16.8 Å². The zero-order valence-electron chi connectivity index (χ0n) is 12.9. The molecule has 2 aromatic carbocycles. The maximum atomic E-state index is 12.2. The van der Waals surface area contributed by atoms with E-state index in [0.29, 0.717) is 30.4 Å². The van der Waals surface area contributed by atoms with E-state index in [1.54, 1.807) is 18.2 Å². The normalized spacial score (nSPS) is 13.7. The van der Waals surface area contributed by atoms with E-state index in [1.807, 2.05) is 0 Å². The molecule has 1 N–H and O–H groups in total. The van der Waals surface area contributed by atoms with Crippen LogP contribution in [0.2, 0.25) is 0 Å². The molecule has 0 spiro atoms. The summed E-state index contributed by atoms with van der Waals surface area (Å²) in [5.74, 6) is 0.279. The van der Waals surface area contributed by atoms with Crippen LogP contribution in [0.3, 0.4) is 0 Å². The molecule has 132 valence electrons. The van der Waals surface area contributed by atoms with Crippen molar-refractivity contribution in [2.75, 3.05) is 18.5 Å². The molecular weight excluding hydrogens is 339 g/mol. The number of rotatable bonds is 3. The van der Waals surface area contributed by atoms with Gasteiger partial charge in [-0.25, -0.2) is 0 Å². The first kappa shape index (κ1) is 16.9. The van der Waals surface area contributed by atoms with Crippen LogP contribution in [0.25, 0.3) is 0 Å². The van der Waals surface area contributed by atoms with Crippen LogP contribution in [0.4, 0.5) is 18.9 Å². The van der Waals surface area contributed by atoms with Crippen LogP contribution in [-0.2, 0) is 0 Å². The zero-order chi connectivity index (χ0) is 17.9. The number of alkyl halides is 3. The summed E-state index contributed by atoms with van der Waals surface area (Å²) >= 11 is 0. The molecular formula is C17H14F3NO4. The van der Waals surface area contributed by atoms with Gasteiger partial charge in [0.25, 0.3) is 5.91 Å². The Balaban J connectivity index is 1.69. The molecule has 25 heavy (non-hydrogen) atoms. The van der Waals surface area contributed by atoms with Crippen LogP contribution in [0, 0.1) is 0 Å². The average Bonchev–Trinajstić information content (AvgIpc) is 2.79. The highest BCUT2D eigenvalue weighted by atomic mass is 19.4. The summed E-state index contributed by atoms with van der Waals surface area (Å²) < 4.78 is 51.2. The van der Waals surface area contributed by atoms with E-state index in [4.69, 9.17) is 9.47 Å². The minimum atomic E-state index is -4.77. The quantitative estimate of drug-likeness (QED) is 0.906. The molecule has 0 bridgehead atoms. The predicted octanol–water partition coefficient (Wildman–Crippen LogP) is 4.00. The molecule has 0 aliphatic carbocycles. The molecule has 1 heterocycles. The summed E-state index contributed by atoms with van der Waals surface area (Å²) in [5, 5.41) is 2.66. The summed E-state index contributed by atoms with van der Waals surface area (Å²) in [7, 11) is 0. The van der Waals surface area contributed by atoms with Crippen molar-refractivity contribution in [1.29, 1.82) is 0 Å². The van der Waals surface area contributed by atoms with Crippen molar-refractivity contribution in [3.8, 4) is 17.2 Å². The third kappa shape index (κ3) is 4.56. The van der Waals surface area contributed by atoms with Crippen molar-refractivity contribution < 1.29 is 32.2 Å². The van der Waals surface area contributed by atoms with E-state index in [9.17, 15) is 18.0 Å². The van der Waals surface area contributed by atoms with Gasteiger partial charge in [0.1, 0.15) is 5.75 Å². The van der Waals surface area contributed by atoms with Gasteiger partial charge in [-0.15, -0.1) is 13.2 Å². The Hall–Kier alpha value is -2.90. The Morgan fingerprint density at radius 1 is 1.00 bits per heavy atom. The number of carbonyl (C=O) groups excluding carboxylic acids is 1. The molecule has 0 radical (unpaired) electrons. The Morgan fingerprint density at radius 3 is 2.36 bits per heavy atom. The fourth-order valence-corrected chi connectivity index (χ4v) is 2.25. The molecule has 1 amide bonds. The second kappa shape index (κ2) is 6.92. The average molecular weight is 353 g/mol. The highest BCUT2D eigenvalue weighted by Crippen LogP contribution is 2.32. The second-order valence-corrected chi connectivity index (χ2v) is 5.24. The molecule has 3 rings (SSSR count). The van der Waals surface area contributed by atoms with Crippen molar-refractivity contribution in [2.45, 2.75) is 12.8 Å². The van der Waals surface area contributed by atoms with Gasteiger partial charge in [0.15, 0.2) is 11.5 Å². The number of hydrogen-bond acceptors (Lipinski definition) is 4. The third-order valence-electron chi connectivity index (χ3n) is 3.36. The Bertz CT molecular complexity index is 759. The van der Waals surface area contributed by atoms with Crippen molar-refractivity contribution in [3.05, 3.63) is 48.0 Å². The molecule has 0 atom stereocenters. The highest BCUT2D eigenvalue weighted by Gasteiger charge is 2.31. The van der Waals surface area contributed by atoms with E-state index < -0.39 is 12.3 Å². The summed E-state index contributed by atoms with van der Waals surface area (Å²) in [6, 6.07) is 9.65. The molecule has 1 aliphatic rings. The molecule has 1 aliphatic heterocycles. The van der Waals surface area contributed by atoms with E-state index in [0.717, 1.165) is 18.6 Å². The van der Waals surface area contributed by atoms with E-state index in [1.165, 1.54) is 12.1 Å². The first-order chi connectivity index (χ1) is 11.9. The fraction of sp³-hybridized carbons (Fsp3) is 0.235. The van der Waals surface area contributed by atoms with Gasteiger partial charge in [-0.05, 0) is 36.4 Å². The zero-order valence-corrected chi connectivity index (χ0v) is 12.9. The SMILES string of the molecule is O=C(Nc1ccc2c(c1)OCCCO2)c1ccc(OC(F)(F)F)cc1. The lowest BCUT2D eigenvalue weighted by Crippen LogP contribution is -2.17. The summed E-state index contributed by atoms with van der Waals surface area (Å²) in [5.41, 5.74) is 0.687. The third-order valence-corrected chi connectivity index (χ3v) is 3.36. The van der Waals surface area contributed by atoms with Crippen LogP contribution in [-0.4, -0.2) is 25.5 Å². The van der Waals surface area contributed by atoms with Gasteiger partial charge in [-0.2, -0.15) is 0 Å². The van der Waals surface area contributed by atoms with Crippen molar-refractivity contribution >= 4 is 11.6 Å². The van der Waals surface area contributed by atoms with Crippen LogP contribution in [0.5, 0.6) is 17.2 Å². The first-order valence-electron chi connectivity index (χ1n) is 7.47. The van der Waals surface area contributed by atoms with Gasteiger partial charge < -0.3 is 19.5 Å². The lowest BCUT2D eigenvalue weighted by atomic mass is 10.2. The Labute approximate surface area is 141 Å². The van der Waals surface area contributed by atoms with Crippen molar-refractivity contribution in [1.82, 2.24) is 0 Å². The number of ether oxygens (including phenoxy) is 3. The topological polar surface area (TPSA) is 56.8 Å². The summed E-state index contributed by atoms with van der Waals surface area (Å²) in [6.45, 7) is 1.08. The molecule has 0 saturated heterocycles. The molecule has 0 unspecified atom stereocenters. The second-order valence-electron chi connectivity index (χ2n) is 5.24. The predicted molar refractivity (Wildman–Crippen MR) is 83.1 cm³/mol. The monoisotopic (exact) mass is 353 g/mol. The Morgan fingerprint density at radius 2 is 1.68 bits per heavy atom. The maximum absolute atomic E-state index is 12.2. The minimum Gasteiger partial charge on any atom is -0.490 e. The van der Waals surface area contributed by atoms with Crippen LogP contribution in [0.15, 0.2) is 42.5 Å². The number of nitrogens with one attached hydrogen (secondary N) is 1. The molecule has 8 heteroatoms. The van der Waals surface area contributed by atoms with E-state index >= 15 is 0 Å². The lowest BCUT2D eigenvalue weighted by Gasteiger charge is -2.11. The number of carbonyl (C=O) groups is 1. The van der Waals surface area contributed by atoms with Crippen LogP contribution >= 0.6 is 0 Å². The maximum Gasteiger partial charge on any atom is 0.573 e. The number of anilines is 1. The van der Waals surface area contributed by atoms with Gasteiger partial charge in [-0.3, -0.25) is 4.79 Å². The standard InChI is InChI=1S/C17H14F3NO4/c18-17(19,20)25-13-5-2-11(3-6-13)16(22)21-12-4-7-14-15(10-12)24-9-1-8-23-14/h2-7,10H,1,8-9H2,(H,21,22). The van der Waals surface area contributed by atoms with E-state index in [2.05, 4.69) is 10.1 Å². The number of amides is 1. The molecule has 0 aromatic heterocycles. The lowest BCUT2D eigenvalue weighted by molar-refractivity contribution is -0.274. The molecule has 0 saturated carbocycles. The van der Waals surface area contributed by atoms with Crippen molar-refractivity contribution in [2.24, 2.45) is 0 Å². The molecule has 5 nitrogen and oxygen atoms in total. The fourth-order valence-electron chi connectivity index (χ4n) is 2.25. The van der Waals surface area contributed by atoms with Crippen LogP contribution < -0.4 is 19.5 Å². The van der Waals surface area contributed by atoms with Gasteiger partial charge in [-0.1, -0.05) is 0 Å². The molecule has 0 fully saturated rings. The minimum absolute atomic E-state index is 0.196. The number of hydrogen-bond donors (Lipinski definition) is 1. The van der Waals surface area contributed by atoms with Gasteiger partial charge in [0.05, 0.1) is 13.2 Å². The van der Waals surface area contributed by atoms with Gasteiger partial charge in [0, 0.05) is 23.7 Å². The first-order valence-corrected chi connectivity index (χ1v) is 7.47. The largest absolute Gasteiger partial charge is 0.573 e. The van der Waals surface area contributed by atoms with E-state index in [-0.39, 0.29) is 11.3 Å². The number of benzene rings is 2. The highest BCUT2D eigenvalue weighted by molar-refractivity contribution is 6.04. The smallest absolute Gasteiger partial charge is 0.490 e. The number of fused-ring (bicyclic) bond motifs is 1.